The summed E-state index contributed by atoms with van der Waals surface area (Å²) in [7, 11) is 1.61. The van der Waals surface area contributed by atoms with Crippen molar-refractivity contribution in [3.8, 4) is 0 Å². The lowest BCUT2D eigenvalue weighted by atomic mass is 10.1. The minimum atomic E-state index is -0.173. The van der Waals surface area contributed by atoms with Gasteiger partial charge < -0.3 is 10.1 Å². The van der Waals surface area contributed by atoms with Crippen LogP contribution in [0.15, 0.2) is 35.4 Å². The van der Waals surface area contributed by atoms with E-state index >= 15 is 0 Å². The first kappa shape index (κ1) is 12.6. The van der Waals surface area contributed by atoms with Crippen LogP contribution in [0.3, 0.4) is 0 Å². The molecule has 1 heterocycles. The molecule has 96 valence electrons. The number of benzene rings is 1. The first-order chi connectivity index (χ1) is 8.81. The van der Waals surface area contributed by atoms with Crippen LogP contribution in [0.4, 0.5) is 0 Å². The van der Waals surface area contributed by atoms with Crippen molar-refractivity contribution in [3.05, 3.63) is 35.9 Å². The Kier molecular flexibility index (Phi) is 4.30. The van der Waals surface area contributed by atoms with Gasteiger partial charge in [-0.1, -0.05) is 30.3 Å². The van der Waals surface area contributed by atoms with Gasteiger partial charge in [0.15, 0.2) is 5.71 Å². The van der Waals surface area contributed by atoms with E-state index in [-0.39, 0.29) is 5.91 Å². The zero-order valence-electron chi connectivity index (χ0n) is 10.4. The Morgan fingerprint density at radius 3 is 2.56 bits per heavy atom. The molecule has 18 heavy (non-hydrogen) atoms. The van der Waals surface area contributed by atoms with E-state index in [1.165, 1.54) is 0 Å². The van der Waals surface area contributed by atoms with Crippen molar-refractivity contribution in [2.45, 2.75) is 0 Å². The van der Waals surface area contributed by atoms with E-state index in [9.17, 15) is 4.79 Å². The van der Waals surface area contributed by atoms with E-state index < -0.39 is 0 Å². The van der Waals surface area contributed by atoms with Gasteiger partial charge in [-0.3, -0.25) is 9.80 Å². The SMILES string of the molecule is CNC(=O)/C(=N/N1CCOCC1)c1ccccc1. The van der Waals surface area contributed by atoms with Gasteiger partial charge in [0.25, 0.3) is 5.91 Å². The number of hydrazone groups is 1. The van der Waals surface area contributed by atoms with Crippen molar-refractivity contribution in [1.29, 1.82) is 0 Å². The molecule has 0 spiro atoms. The molecule has 1 amide bonds. The van der Waals surface area contributed by atoms with Gasteiger partial charge in [0.05, 0.1) is 26.3 Å². The standard InChI is InChI=1S/C13H17N3O2/c1-14-13(17)12(11-5-3-2-4-6-11)15-16-7-9-18-10-8-16/h2-6H,7-10H2,1H3,(H,14,17)/b15-12+. The Morgan fingerprint density at radius 1 is 1.28 bits per heavy atom. The first-order valence-corrected chi connectivity index (χ1v) is 6.00. The highest BCUT2D eigenvalue weighted by Crippen LogP contribution is 2.05. The fourth-order valence-electron chi connectivity index (χ4n) is 1.74. The summed E-state index contributed by atoms with van der Waals surface area (Å²) >= 11 is 0. The van der Waals surface area contributed by atoms with Crippen LogP contribution in [0.5, 0.6) is 0 Å². The van der Waals surface area contributed by atoms with E-state index in [1.54, 1.807) is 7.05 Å². The van der Waals surface area contributed by atoms with Crippen LogP contribution in [-0.4, -0.2) is 50.0 Å². The largest absolute Gasteiger partial charge is 0.378 e. The molecule has 0 saturated carbocycles. The number of carbonyl (C=O) groups excluding carboxylic acids is 1. The van der Waals surface area contributed by atoms with Gasteiger partial charge in [0, 0.05) is 12.6 Å². The van der Waals surface area contributed by atoms with Gasteiger partial charge >= 0.3 is 0 Å². The molecule has 1 aliphatic heterocycles. The van der Waals surface area contributed by atoms with Gasteiger partial charge in [-0.2, -0.15) is 5.10 Å². The zero-order chi connectivity index (χ0) is 12.8. The monoisotopic (exact) mass is 247 g/mol. The molecule has 0 atom stereocenters. The van der Waals surface area contributed by atoms with E-state index in [0.717, 1.165) is 5.56 Å². The van der Waals surface area contributed by atoms with E-state index in [4.69, 9.17) is 4.74 Å². The number of carbonyl (C=O) groups is 1. The van der Waals surface area contributed by atoms with E-state index in [2.05, 4.69) is 10.4 Å². The Balaban J connectivity index is 2.24. The Hall–Kier alpha value is -1.88. The number of hydrogen-bond acceptors (Lipinski definition) is 4. The third-order valence-corrected chi connectivity index (χ3v) is 2.72. The first-order valence-electron chi connectivity index (χ1n) is 6.00. The Morgan fingerprint density at radius 2 is 1.94 bits per heavy atom. The average molecular weight is 247 g/mol. The zero-order valence-corrected chi connectivity index (χ0v) is 10.4. The number of rotatable bonds is 3. The van der Waals surface area contributed by atoms with Crippen LogP contribution in [0, 0.1) is 0 Å². The lowest BCUT2D eigenvalue weighted by Gasteiger charge is -2.24. The molecule has 0 aliphatic carbocycles. The second kappa shape index (κ2) is 6.16. The number of morpholine rings is 1. The van der Waals surface area contributed by atoms with Crippen molar-refractivity contribution >= 4 is 11.6 Å². The molecule has 1 saturated heterocycles. The topological polar surface area (TPSA) is 53.9 Å². The van der Waals surface area contributed by atoms with E-state index in [0.29, 0.717) is 32.0 Å². The highest BCUT2D eigenvalue weighted by atomic mass is 16.5. The summed E-state index contributed by atoms with van der Waals surface area (Å²) in [5.41, 5.74) is 1.27. The van der Waals surface area contributed by atoms with Crippen LogP contribution in [0.2, 0.25) is 0 Å². The summed E-state index contributed by atoms with van der Waals surface area (Å²) in [6.45, 7) is 2.74. The van der Waals surface area contributed by atoms with Gasteiger partial charge in [0.1, 0.15) is 0 Å². The lowest BCUT2D eigenvalue weighted by molar-refractivity contribution is -0.114. The maximum Gasteiger partial charge on any atom is 0.272 e. The molecule has 1 N–H and O–H groups in total. The molecular formula is C13H17N3O2. The lowest BCUT2D eigenvalue weighted by Crippen LogP contribution is -2.36. The predicted octanol–water partition coefficient (Wildman–Crippen LogP) is 0.469. The van der Waals surface area contributed by atoms with E-state index in [1.807, 2.05) is 35.3 Å². The quantitative estimate of drug-likeness (QED) is 0.790. The molecule has 1 aromatic rings. The van der Waals surface area contributed by atoms with Crippen molar-refractivity contribution < 1.29 is 9.53 Å². The van der Waals surface area contributed by atoms with Crippen LogP contribution in [0.25, 0.3) is 0 Å². The number of nitrogens with zero attached hydrogens (tertiary/aromatic N) is 2. The minimum Gasteiger partial charge on any atom is -0.378 e. The summed E-state index contributed by atoms with van der Waals surface area (Å²) in [4.78, 5) is 11.9. The van der Waals surface area contributed by atoms with Crippen LogP contribution in [0.1, 0.15) is 5.56 Å². The molecule has 0 radical (unpaired) electrons. The fraction of sp³-hybridized carbons (Fsp3) is 0.385. The molecular weight excluding hydrogens is 230 g/mol. The molecule has 5 heteroatoms. The molecule has 1 aromatic carbocycles. The number of hydrogen-bond donors (Lipinski definition) is 1. The second-order valence-electron chi connectivity index (χ2n) is 3.96. The Bertz CT molecular complexity index is 425. The minimum absolute atomic E-state index is 0.173. The highest BCUT2D eigenvalue weighted by Gasteiger charge is 2.15. The number of ether oxygens (including phenoxy) is 1. The summed E-state index contributed by atoms with van der Waals surface area (Å²) in [6.07, 6.45) is 0. The molecule has 1 fully saturated rings. The van der Waals surface area contributed by atoms with Crippen molar-refractivity contribution in [3.63, 3.8) is 0 Å². The second-order valence-corrected chi connectivity index (χ2v) is 3.96. The van der Waals surface area contributed by atoms with Crippen molar-refractivity contribution in [1.82, 2.24) is 10.3 Å². The van der Waals surface area contributed by atoms with Gasteiger partial charge in [0.2, 0.25) is 0 Å². The maximum atomic E-state index is 11.9. The normalized spacial score (nSPS) is 16.5. The number of amides is 1. The van der Waals surface area contributed by atoms with Gasteiger partial charge in [-0.05, 0) is 0 Å². The molecule has 0 unspecified atom stereocenters. The maximum absolute atomic E-state index is 11.9. The average Bonchev–Trinajstić information content (AvgIpc) is 2.46. The Labute approximate surface area is 106 Å². The molecule has 0 aromatic heterocycles. The van der Waals surface area contributed by atoms with Crippen LogP contribution >= 0.6 is 0 Å². The third kappa shape index (κ3) is 3.07. The van der Waals surface area contributed by atoms with Gasteiger partial charge in [-0.25, -0.2) is 0 Å². The smallest absolute Gasteiger partial charge is 0.272 e. The van der Waals surface area contributed by atoms with Crippen molar-refractivity contribution in [2.75, 3.05) is 33.4 Å². The van der Waals surface area contributed by atoms with Crippen LogP contribution in [-0.2, 0) is 9.53 Å². The molecule has 0 bridgehead atoms. The summed E-state index contributed by atoms with van der Waals surface area (Å²) in [5, 5.41) is 8.94. The van der Waals surface area contributed by atoms with Crippen molar-refractivity contribution in [2.24, 2.45) is 5.10 Å². The number of likely N-dealkylation sites (N-methyl/N-ethyl adjacent to an activating group) is 1. The molecule has 2 rings (SSSR count). The molecule has 1 aliphatic rings. The fourth-order valence-corrected chi connectivity index (χ4v) is 1.74. The predicted molar refractivity (Wildman–Crippen MR) is 69.4 cm³/mol. The highest BCUT2D eigenvalue weighted by molar-refractivity contribution is 6.45. The number of nitrogens with one attached hydrogen (secondary N) is 1. The van der Waals surface area contributed by atoms with Crippen LogP contribution < -0.4 is 5.32 Å². The molecule has 5 nitrogen and oxygen atoms in total. The summed E-state index contributed by atoms with van der Waals surface area (Å²) in [5.74, 6) is -0.173. The summed E-state index contributed by atoms with van der Waals surface area (Å²) < 4.78 is 5.26. The van der Waals surface area contributed by atoms with Gasteiger partial charge in [-0.15, -0.1) is 0 Å². The summed E-state index contributed by atoms with van der Waals surface area (Å²) in [6, 6.07) is 9.48. The third-order valence-electron chi connectivity index (χ3n) is 2.72.